The number of para-hydroxylation sites is 1. The van der Waals surface area contributed by atoms with Gasteiger partial charge in [-0.25, -0.2) is 9.59 Å². The molecule has 2 aromatic carbocycles. The molecule has 2 atom stereocenters. The topological polar surface area (TPSA) is 93.1 Å². The average molecular weight is 404 g/mol. The number of aliphatic hydroxyl groups excluding tert-OH is 1. The van der Waals surface area contributed by atoms with E-state index in [0.29, 0.717) is 16.3 Å². The number of Topliss-reactive ketones (excluding diaryl/α,β-unsaturated/α-hetero) is 1. The van der Waals surface area contributed by atoms with Gasteiger partial charge < -0.3 is 14.6 Å². The summed E-state index contributed by atoms with van der Waals surface area (Å²) in [4.78, 5) is 38.0. The van der Waals surface area contributed by atoms with E-state index in [9.17, 15) is 19.5 Å². The molecular formula is C20H18ClNO6. The van der Waals surface area contributed by atoms with Crippen LogP contribution in [0, 0.1) is 0 Å². The zero-order chi connectivity index (χ0) is 20.1. The van der Waals surface area contributed by atoms with Crippen LogP contribution in [0.3, 0.4) is 0 Å². The fraction of sp³-hybridized carbons (Fsp3) is 0.250. The Morgan fingerprint density at radius 1 is 1.07 bits per heavy atom. The monoisotopic (exact) mass is 403 g/mol. The van der Waals surface area contributed by atoms with E-state index in [0.717, 1.165) is 4.90 Å². The summed E-state index contributed by atoms with van der Waals surface area (Å²) in [6.45, 7) is -0.537. The van der Waals surface area contributed by atoms with Gasteiger partial charge in [-0.1, -0.05) is 29.8 Å². The molecule has 0 unspecified atom stereocenters. The third-order valence-electron chi connectivity index (χ3n) is 4.25. The summed E-state index contributed by atoms with van der Waals surface area (Å²) < 4.78 is 10.3. The minimum Gasteiger partial charge on any atom is -0.456 e. The zero-order valence-corrected chi connectivity index (χ0v) is 15.5. The van der Waals surface area contributed by atoms with Crippen LogP contribution in [0.1, 0.15) is 16.8 Å². The number of hydrogen-bond acceptors (Lipinski definition) is 6. The number of benzene rings is 2. The number of halogens is 1. The molecule has 3 rings (SSSR count). The molecule has 0 aliphatic carbocycles. The molecule has 1 fully saturated rings. The number of ketones is 1. The molecule has 1 aliphatic rings. The van der Waals surface area contributed by atoms with Crippen molar-refractivity contribution in [2.24, 2.45) is 0 Å². The number of rotatable bonds is 5. The van der Waals surface area contributed by atoms with E-state index in [-0.39, 0.29) is 13.0 Å². The lowest BCUT2D eigenvalue weighted by atomic mass is 10.1. The summed E-state index contributed by atoms with van der Waals surface area (Å²) in [5.74, 6) is -0.857. The number of carbonyl (C=O) groups excluding carboxylic acids is 3. The maximum absolute atomic E-state index is 12.4. The van der Waals surface area contributed by atoms with Gasteiger partial charge in [0.15, 0.2) is 12.4 Å². The predicted molar refractivity (Wildman–Crippen MR) is 100 cm³/mol. The molecule has 0 aromatic heterocycles. The lowest BCUT2D eigenvalue weighted by molar-refractivity contribution is -0.147. The van der Waals surface area contributed by atoms with E-state index in [2.05, 4.69) is 0 Å². The normalized spacial score (nSPS) is 18.6. The number of β-amino-alcohol motifs (C(OH)–C–C–N with tert-alkyl or cyclic N) is 1. The first-order valence-electron chi connectivity index (χ1n) is 8.61. The van der Waals surface area contributed by atoms with Crippen LogP contribution in [0.2, 0.25) is 5.02 Å². The van der Waals surface area contributed by atoms with Crippen molar-refractivity contribution in [3.8, 4) is 5.75 Å². The van der Waals surface area contributed by atoms with Crippen molar-refractivity contribution in [3.63, 3.8) is 0 Å². The fourth-order valence-electron chi connectivity index (χ4n) is 2.84. The number of nitrogens with zero attached hydrogens (tertiary/aromatic N) is 1. The standard InChI is InChI=1S/C20H18ClNO6/c21-14-8-6-13(7-9-14)18(24)12-27-19(25)17-10-15(23)11-22(17)20(26)28-16-4-2-1-3-5-16/h1-9,15,17,23H,10-12H2/t15-,17-/m1/s1. The highest BCUT2D eigenvalue weighted by molar-refractivity contribution is 6.30. The van der Waals surface area contributed by atoms with Crippen LogP contribution in [0.5, 0.6) is 5.75 Å². The van der Waals surface area contributed by atoms with Crippen LogP contribution in [0.4, 0.5) is 4.79 Å². The van der Waals surface area contributed by atoms with E-state index < -0.39 is 36.6 Å². The van der Waals surface area contributed by atoms with Gasteiger partial charge in [-0.3, -0.25) is 9.69 Å². The lowest BCUT2D eigenvalue weighted by Gasteiger charge is -2.22. The van der Waals surface area contributed by atoms with Gasteiger partial charge >= 0.3 is 12.1 Å². The van der Waals surface area contributed by atoms with Gasteiger partial charge in [-0.2, -0.15) is 0 Å². The summed E-state index contributed by atoms with van der Waals surface area (Å²) in [6, 6.07) is 13.5. The van der Waals surface area contributed by atoms with E-state index in [1.54, 1.807) is 42.5 Å². The molecule has 0 radical (unpaired) electrons. The molecule has 8 heteroatoms. The number of likely N-dealkylation sites (tertiary alicyclic amines) is 1. The molecule has 1 heterocycles. The highest BCUT2D eigenvalue weighted by atomic mass is 35.5. The molecule has 1 aliphatic heterocycles. The highest BCUT2D eigenvalue weighted by Gasteiger charge is 2.41. The Bertz CT molecular complexity index is 855. The van der Waals surface area contributed by atoms with Crippen molar-refractivity contribution in [3.05, 3.63) is 65.2 Å². The van der Waals surface area contributed by atoms with Gasteiger partial charge in [-0.15, -0.1) is 0 Å². The Hall–Kier alpha value is -2.90. The van der Waals surface area contributed by atoms with Crippen LogP contribution in [0.25, 0.3) is 0 Å². The second-order valence-electron chi connectivity index (χ2n) is 6.28. The Kier molecular flexibility index (Phi) is 6.28. The Labute approximate surface area is 166 Å². The quantitative estimate of drug-likeness (QED) is 0.609. The van der Waals surface area contributed by atoms with Crippen LogP contribution in [-0.4, -0.2) is 53.1 Å². The van der Waals surface area contributed by atoms with Crippen LogP contribution in [-0.2, 0) is 9.53 Å². The van der Waals surface area contributed by atoms with Crippen LogP contribution < -0.4 is 4.74 Å². The molecule has 2 aromatic rings. The Morgan fingerprint density at radius 3 is 2.43 bits per heavy atom. The maximum atomic E-state index is 12.4. The van der Waals surface area contributed by atoms with Gasteiger partial charge in [0, 0.05) is 17.0 Å². The second kappa shape index (κ2) is 8.86. The van der Waals surface area contributed by atoms with E-state index in [1.807, 2.05) is 0 Å². The van der Waals surface area contributed by atoms with E-state index >= 15 is 0 Å². The van der Waals surface area contributed by atoms with Gasteiger partial charge in [0.25, 0.3) is 0 Å². The smallest absolute Gasteiger partial charge is 0.416 e. The molecule has 28 heavy (non-hydrogen) atoms. The van der Waals surface area contributed by atoms with Crippen molar-refractivity contribution in [1.29, 1.82) is 0 Å². The van der Waals surface area contributed by atoms with Crippen molar-refractivity contribution in [2.75, 3.05) is 13.2 Å². The summed E-state index contributed by atoms with van der Waals surface area (Å²) in [6.07, 6.45) is -1.64. The van der Waals surface area contributed by atoms with Crippen LogP contribution >= 0.6 is 11.6 Å². The zero-order valence-electron chi connectivity index (χ0n) is 14.8. The van der Waals surface area contributed by atoms with Crippen molar-refractivity contribution < 1.29 is 29.0 Å². The number of aliphatic hydroxyl groups is 1. The minimum atomic E-state index is -1.02. The van der Waals surface area contributed by atoms with E-state index in [4.69, 9.17) is 21.1 Å². The molecule has 0 bridgehead atoms. The Morgan fingerprint density at radius 2 is 1.75 bits per heavy atom. The average Bonchev–Trinajstić information content (AvgIpc) is 3.09. The Balaban J connectivity index is 1.60. The third-order valence-corrected chi connectivity index (χ3v) is 4.50. The molecule has 1 saturated heterocycles. The molecular weight excluding hydrogens is 386 g/mol. The van der Waals surface area contributed by atoms with Crippen molar-refractivity contribution in [1.82, 2.24) is 4.90 Å². The first kappa shape index (κ1) is 19.9. The fourth-order valence-corrected chi connectivity index (χ4v) is 2.96. The lowest BCUT2D eigenvalue weighted by Crippen LogP contribution is -2.43. The molecule has 1 amide bonds. The van der Waals surface area contributed by atoms with Crippen molar-refractivity contribution >= 4 is 29.4 Å². The molecule has 0 spiro atoms. The SMILES string of the molecule is O=C(COC(=O)[C@H]1C[C@@H](O)CN1C(=O)Oc1ccccc1)c1ccc(Cl)cc1. The minimum absolute atomic E-state index is 0.0118. The first-order valence-corrected chi connectivity index (χ1v) is 8.99. The number of esters is 1. The summed E-state index contributed by atoms with van der Waals surface area (Å²) >= 11 is 5.78. The van der Waals surface area contributed by atoms with Gasteiger partial charge in [-0.05, 0) is 36.4 Å². The first-order chi connectivity index (χ1) is 13.4. The maximum Gasteiger partial charge on any atom is 0.416 e. The summed E-state index contributed by atoms with van der Waals surface area (Å²) in [5.41, 5.74) is 0.351. The van der Waals surface area contributed by atoms with Gasteiger partial charge in [0.2, 0.25) is 0 Å². The van der Waals surface area contributed by atoms with E-state index in [1.165, 1.54) is 12.1 Å². The molecule has 7 nitrogen and oxygen atoms in total. The largest absolute Gasteiger partial charge is 0.456 e. The third kappa shape index (κ3) is 4.88. The van der Waals surface area contributed by atoms with Gasteiger partial charge in [0.05, 0.1) is 12.6 Å². The number of ether oxygens (including phenoxy) is 2. The molecule has 146 valence electrons. The van der Waals surface area contributed by atoms with Crippen molar-refractivity contribution in [2.45, 2.75) is 18.6 Å². The number of amides is 1. The van der Waals surface area contributed by atoms with Gasteiger partial charge in [0.1, 0.15) is 11.8 Å². The van der Waals surface area contributed by atoms with Crippen LogP contribution in [0.15, 0.2) is 54.6 Å². The number of hydrogen-bond donors (Lipinski definition) is 1. The predicted octanol–water partition coefficient (Wildman–Crippen LogP) is 2.70. The summed E-state index contributed by atoms with van der Waals surface area (Å²) in [7, 11) is 0. The molecule has 0 saturated carbocycles. The number of carbonyl (C=O) groups is 3. The highest BCUT2D eigenvalue weighted by Crippen LogP contribution is 2.22. The summed E-state index contributed by atoms with van der Waals surface area (Å²) in [5, 5.41) is 10.4. The molecule has 1 N–H and O–H groups in total. The second-order valence-corrected chi connectivity index (χ2v) is 6.71.